The maximum atomic E-state index is 10.0. The van der Waals surface area contributed by atoms with Gasteiger partial charge in [0.15, 0.2) is 0 Å². The Hall–Kier alpha value is -2.10. The first-order valence-electron chi connectivity index (χ1n) is 6.06. The molecular weight excluding hydrogens is 240 g/mol. The van der Waals surface area contributed by atoms with Crippen molar-refractivity contribution in [3.8, 4) is 5.75 Å². The lowest BCUT2D eigenvalue weighted by atomic mass is 9.99. The van der Waals surface area contributed by atoms with Crippen LogP contribution in [0.25, 0.3) is 5.70 Å². The Morgan fingerprint density at radius 3 is 2.53 bits per heavy atom. The number of ether oxygens (including phenoxy) is 1. The van der Waals surface area contributed by atoms with E-state index >= 15 is 0 Å². The third-order valence-corrected chi connectivity index (χ3v) is 2.81. The monoisotopic (exact) mass is 260 g/mol. The number of hydrogen-bond donors (Lipinski definition) is 1. The minimum absolute atomic E-state index is 0.259. The number of rotatable bonds is 4. The van der Waals surface area contributed by atoms with Crippen LogP contribution in [0.2, 0.25) is 0 Å². The average molecular weight is 260 g/mol. The minimum Gasteiger partial charge on any atom is -0.508 e. The van der Waals surface area contributed by atoms with Crippen molar-refractivity contribution in [2.45, 2.75) is 19.8 Å². The van der Waals surface area contributed by atoms with Crippen molar-refractivity contribution in [2.75, 3.05) is 14.2 Å². The lowest BCUT2D eigenvalue weighted by Crippen LogP contribution is -1.98. The average Bonchev–Trinajstić information content (AvgIpc) is 2.39. The summed E-state index contributed by atoms with van der Waals surface area (Å²) in [6.45, 7) is 7.60. The van der Waals surface area contributed by atoms with Crippen molar-refractivity contribution in [3.63, 3.8) is 0 Å². The van der Waals surface area contributed by atoms with Crippen molar-refractivity contribution in [1.29, 1.82) is 0 Å². The van der Waals surface area contributed by atoms with Gasteiger partial charge in [-0.05, 0) is 24.3 Å². The van der Waals surface area contributed by atoms with E-state index in [4.69, 9.17) is 4.74 Å². The predicted octanol–water partition coefficient (Wildman–Crippen LogP) is 3.23. The second-order valence-corrected chi connectivity index (χ2v) is 4.38. The van der Waals surface area contributed by atoms with Gasteiger partial charge in [-0.2, -0.15) is 0 Å². The smallest absolute Gasteiger partial charge is 0.210 e. The summed E-state index contributed by atoms with van der Waals surface area (Å²) in [6, 6.07) is 5.47. The molecule has 0 fully saturated rings. The molecule has 4 nitrogen and oxygen atoms in total. The van der Waals surface area contributed by atoms with Gasteiger partial charge >= 0.3 is 0 Å². The number of hydrogen-bond acceptors (Lipinski definition) is 4. The maximum Gasteiger partial charge on any atom is 0.210 e. The molecule has 4 heteroatoms. The minimum atomic E-state index is 0.259. The molecule has 0 atom stereocenters. The predicted molar refractivity (Wildman–Crippen MR) is 80.1 cm³/mol. The number of phenolic OH excluding ortho intramolecular Hbond substituents is 1. The highest BCUT2D eigenvalue weighted by molar-refractivity contribution is 5.95. The number of methoxy groups -OCH3 is 1. The van der Waals surface area contributed by atoms with Crippen molar-refractivity contribution >= 4 is 18.3 Å². The van der Waals surface area contributed by atoms with Gasteiger partial charge in [0, 0.05) is 18.7 Å². The summed E-state index contributed by atoms with van der Waals surface area (Å²) >= 11 is 0. The Morgan fingerprint density at radius 1 is 1.42 bits per heavy atom. The number of nitrogens with zero attached hydrogens (tertiary/aromatic N) is 2. The molecule has 102 valence electrons. The molecule has 0 unspecified atom stereocenters. The van der Waals surface area contributed by atoms with E-state index in [0.29, 0.717) is 11.6 Å². The molecule has 1 N–H and O–H groups in total. The highest BCUT2D eigenvalue weighted by atomic mass is 16.5. The van der Waals surface area contributed by atoms with E-state index in [-0.39, 0.29) is 11.7 Å². The number of aliphatic imine (C=N–C) groups is 2. The van der Waals surface area contributed by atoms with Crippen LogP contribution in [-0.4, -0.2) is 31.9 Å². The fraction of sp³-hybridized carbons (Fsp3) is 0.333. The molecule has 0 aromatic heterocycles. The summed E-state index contributed by atoms with van der Waals surface area (Å²) in [5.74, 6) is 0.981. The van der Waals surface area contributed by atoms with Crippen LogP contribution in [0.1, 0.15) is 30.9 Å². The topological polar surface area (TPSA) is 54.2 Å². The summed E-state index contributed by atoms with van der Waals surface area (Å²) in [7, 11) is 3.17. The highest BCUT2D eigenvalue weighted by Gasteiger charge is 2.09. The van der Waals surface area contributed by atoms with E-state index in [9.17, 15) is 5.11 Å². The van der Waals surface area contributed by atoms with Crippen LogP contribution >= 0.6 is 0 Å². The molecule has 0 bridgehead atoms. The van der Waals surface area contributed by atoms with Gasteiger partial charge in [0.05, 0.1) is 12.8 Å². The largest absolute Gasteiger partial charge is 0.508 e. The van der Waals surface area contributed by atoms with E-state index in [0.717, 1.165) is 11.1 Å². The zero-order valence-corrected chi connectivity index (χ0v) is 11.8. The molecule has 1 aromatic rings. The molecule has 0 radical (unpaired) electrons. The molecule has 1 aromatic carbocycles. The quantitative estimate of drug-likeness (QED) is 0.667. The molecule has 0 aliphatic carbocycles. The maximum absolute atomic E-state index is 10.0. The summed E-state index contributed by atoms with van der Waals surface area (Å²) in [6.07, 6.45) is 1.68. The van der Waals surface area contributed by atoms with Crippen LogP contribution in [0.5, 0.6) is 5.75 Å². The van der Waals surface area contributed by atoms with E-state index in [1.165, 1.54) is 0 Å². The van der Waals surface area contributed by atoms with Gasteiger partial charge in [-0.25, -0.2) is 0 Å². The molecule has 0 aliphatic rings. The third-order valence-electron chi connectivity index (χ3n) is 2.81. The summed E-state index contributed by atoms with van der Waals surface area (Å²) < 4.78 is 5.07. The Bertz CT molecular complexity index is 517. The first-order chi connectivity index (χ1) is 9.03. The Kier molecular flexibility index (Phi) is 5.30. The van der Waals surface area contributed by atoms with Crippen LogP contribution in [0.3, 0.4) is 0 Å². The molecule has 0 saturated carbocycles. The van der Waals surface area contributed by atoms with Gasteiger partial charge in [-0.1, -0.05) is 26.0 Å². The van der Waals surface area contributed by atoms with E-state index in [1.54, 1.807) is 26.3 Å². The van der Waals surface area contributed by atoms with Crippen LogP contribution < -0.4 is 0 Å². The molecular formula is C15H20N2O2. The second kappa shape index (κ2) is 6.73. The molecule has 0 aliphatic heterocycles. The Balaban J connectivity index is 3.21. The van der Waals surface area contributed by atoms with Gasteiger partial charge in [-0.15, -0.1) is 0 Å². The Labute approximate surface area is 114 Å². The van der Waals surface area contributed by atoms with Crippen molar-refractivity contribution in [3.05, 3.63) is 35.4 Å². The first-order valence-corrected chi connectivity index (χ1v) is 6.06. The standard InChI is InChI=1S/C15H20N2O2/c1-10(2)12-7-6-11(8-14(12)18)13(16-3)9-15(17-4)19-5/h6-10,18H,3H2,1-2,4-5H3/b13-9-,17-15+. The summed E-state index contributed by atoms with van der Waals surface area (Å²) in [5, 5.41) is 10.0. The van der Waals surface area contributed by atoms with Crippen molar-refractivity contribution in [2.24, 2.45) is 9.98 Å². The van der Waals surface area contributed by atoms with Gasteiger partial charge in [-0.3, -0.25) is 9.98 Å². The highest BCUT2D eigenvalue weighted by Crippen LogP contribution is 2.29. The van der Waals surface area contributed by atoms with Gasteiger partial charge in [0.1, 0.15) is 5.75 Å². The lowest BCUT2D eigenvalue weighted by Gasteiger charge is -2.10. The second-order valence-electron chi connectivity index (χ2n) is 4.38. The van der Waals surface area contributed by atoms with E-state index in [2.05, 4.69) is 16.7 Å². The molecule has 0 amide bonds. The van der Waals surface area contributed by atoms with Crippen molar-refractivity contribution < 1.29 is 9.84 Å². The SMILES string of the molecule is C=N/C(=C\C(=N/C)OC)c1ccc(C(C)C)c(O)c1. The third kappa shape index (κ3) is 3.68. The molecule has 0 saturated heterocycles. The normalized spacial score (nSPS) is 12.7. The molecule has 0 spiro atoms. The molecule has 0 heterocycles. The fourth-order valence-electron chi connectivity index (χ4n) is 1.74. The summed E-state index contributed by atoms with van der Waals surface area (Å²) in [4.78, 5) is 7.90. The number of benzene rings is 1. The first kappa shape index (κ1) is 15.0. The van der Waals surface area contributed by atoms with Crippen LogP contribution in [0.15, 0.2) is 34.3 Å². The van der Waals surface area contributed by atoms with Crippen LogP contribution in [-0.2, 0) is 4.74 Å². The van der Waals surface area contributed by atoms with E-state index < -0.39 is 0 Å². The van der Waals surface area contributed by atoms with Gasteiger partial charge < -0.3 is 9.84 Å². The fourth-order valence-corrected chi connectivity index (χ4v) is 1.74. The van der Waals surface area contributed by atoms with Crippen LogP contribution in [0, 0.1) is 0 Å². The Morgan fingerprint density at radius 2 is 2.11 bits per heavy atom. The number of aromatic hydroxyl groups is 1. The van der Waals surface area contributed by atoms with Crippen LogP contribution in [0.4, 0.5) is 0 Å². The molecule has 1 rings (SSSR count). The molecule has 19 heavy (non-hydrogen) atoms. The number of phenols is 1. The van der Waals surface area contributed by atoms with E-state index in [1.807, 2.05) is 26.0 Å². The van der Waals surface area contributed by atoms with Crippen molar-refractivity contribution in [1.82, 2.24) is 0 Å². The lowest BCUT2D eigenvalue weighted by molar-refractivity contribution is 0.406. The van der Waals surface area contributed by atoms with Gasteiger partial charge in [0.25, 0.3) is 0 Å². The van der Waals surface area contributed by atoms with Gasteiger partial charge in [0.2, 0.25) is 5.90 Å². The zero-order chi connectivity index (χ0) is 14.4. The summed E-state index contributed by atoms with van der Waals surface area (Å²) in [5.41, 5.74) is 2.28. The zero-order valence-electron chi connectivity index (χ0n) is 11.8.